The van der Waals surface area contributed by atoms with Crippen LogP contribution in [-0.2, 0) is 4.79 Å². The van der Waals surface area contributed by atoms with Gasteiger partial charge in [0.15, 0.2) is 0 Å². The standard InChI is InChI=1S/C13H14N4O3/c1-8(17-6-5-11(14)16-17)12(18)15-10-4-2-3-9(7-10)13(19)20/h2-8H,1H3,(H2,14,16)(H,15,18)(H,19,20). The number of carbonyl (C=O) groups is 2. The van der Waals surface area contributed by atoms with E-state index in [0.717, 1.165) is 0 Å². The second kappa shape index (κ2) is 5.43. The van der Waals surface area contributed by atoms with Gasteiger partial charge in [-0.05, 0) is 31.2 Å². The van der Waals surface area contributed by atoms with E-state index < -0.39 is 12.0 Å². The molecule has 4 N–H and O–H groups in total. The number of rotatable bonds is 4. The maximum absolute atomic E-state index is 12.0. The topological polar surface area (TPSA) is 110 Å². The third kappa shape index (κ3) is 2.94. The predicted octanol–water partition coefficient (Wildman–Crippen LogP) is 1.36. The average Bonchev–Trinajstić information content (AvgIpc) is 2.84. The van der Waals surface area contributed by atoms with Crippen LogP contribution in [0.5, 0.6) is 0 Å². The molecule has 1 amide bonds. The smallest absolute Gasteiger partial charge is 0.335 e. The lowest BCUT2D eigenvalue weighted by atomic mass is 10.2. The zero-order chi connectivity index (χ0) is 14.7. The average molecular weight is 274 g/mol. The number of nitrogens with one attached hydrogen (secondary N) is 1. The zero-order valence-corrected chi connectivity index (χ0v) is 10.8. The number of carboxylic acids is 1. The quantitative estimate of drug-likeness (QED) is 0.779. The molecule has 0 saturated heterocycles. The Morgan fingerprint density at radius 2 is 2.15 bits per heavy atom. The van der Waals surface area contributed by atoms with Crippen LogP contribution in [0.3, 0.4) is 0 Å². The predicted molar refractivity (Wildman–Crippen MR) is 73.4 cm³/mol. The summed E-state index contributed by atoms with van der Waals surface area (Å²) in [5.74, 6) is -1.03. The normalized spacial score (nSPS) is 11.8. The SMILES string of the molecule is CC(C(=O)Nc1cccc(C(=O)O)c1)n1ccc(N)n1. The number of carbonyl (C=O) groups excluding carboxylic acids is 1. The van der Waals surface area contributed by atoms with Crippen molar-refractivity contribution < 1.29 is 14.7 Å². The molecule has 0 spiro atoms. The van der Waals surface area contributed by atoms with Crippen molar-refractivity contribution in [3.8, 4) is 0 Å². The number of hydrogen-bond acceptors (Lipinski definition) is 4. The molecule has 104 valence electrons. The van der Waals surface area contributed by atoms with Crippen molar-refractivity contribution in [2.45, 2.75) is 13.0 Å². The van der Waals surface area contributed by atoms with Gasteiger partial charge in [-0.25, -0.2) is 4.79 Å². The van der Waals surface area contributed by atoms with Crippen molar-refractivity contribution in [1.29, 1.82) is 0 Å². The van der Waals surface area contributed by atoms with E-state index in [0.29, 0.717) is 11.5 Å². The zero-order valence-electron chi connectivity index (χ0n) is 10.8. The number of nitrogen functional groups attached to an aromatic ring is 1. The molecule has 1 heterocycles. The molecule has 2 aromatic rings. The van der Waals surface area contributed by atoms with Gasteiger partial charge in [-0.2, -0.15) is 5.10 Å². The highest BCUT2D eigenvalue weighted by Crippen LogP contribution is 2.14. The molecule has 2 rings (SSSR count). The summed E-state index contributed by atoms with van der Waals surface area (Å²) < 4.78 is 1.44. The number of nitrogens with two attached hydrogens (primary N) is 1. The molecular weight excluding hydrogens is 260 g/mol. The molecule has 20 heavy (non-hydrogen) atoms. The largest absolute Gasteiger partial charge is 0.478 e. The highest BCUT2D eigenvalue weighted by Gasteiger charge is 2.16. The third-order valence-electron chi connectivity index (χ3n) is 2.78. The van der Waals surface area contributed by atoms with E-state index in [9.17, 15) is 9.59 Å². The number of nitrogens with zero attached hydrogens (tertiary/aromatic N) is 2. The molecule has 0 aliphatic carbocycles. The highest BCUT2D eigenvalue weighted by atomic mass is 16.4. The van der Waals surface area contributed by atoms with Crippen molar-refractivity contribution in [1.82, 2.24) is 9.78 Å². The van der Waals surface area contributed by atoms with Crippen molar-refractivity contribution in [2.24, 2.45) is 0 Å². The van der Waals surface area contributed by atoms with Crippen LogP contribution >= 0.6 is 0 Å². The highest BCUT2D eigenvalue weighted by molar-refractivity contribution is 5.95. The van der Waals surface area contributed by atoms with Gasteiger partial charge in [0, 0.05) is 11.9 Å². The lowest BCUT2D eigenvalue weighted by Gasteiger charge is -2.12. The van der Waals surface area contributed by atoms with Crippen LogP contribution in [0.4, 0.5) is 11.5 Å². The Morgan fingerprint density at radius 1 is 1.40 bits per heavy atom. The summed E-state index contributed by atoms with van der Waals surface area (Å²) in [6, 6.07) is 7.07. The number of aromatic nitrogens is 2. The number of aromatic carboxylic acids is 1. The van der Waals surface area contributed by atoms with Gasteiger partial charge in [0.05, 0.1) is 5.56 Å². The summed E-state index contributed by atoms with van der Waals surface area (Å²) in [5.41, 5.74) is 6.02. The monoisotopic (exact) mass is 274 g/mol. The van der Waals surface area contributed by atoms with Crippen LogP contribution in [0.15, 0.2) is 36.5 Å². The molecule has 0 aliphatic rings. The van der Waals surface area contributed by atoms with Gasteiger partial charge in [-0.15, -0.1) is 0 Å². The molecule has 0 saturated carbocycles. The van der Waals surface area contributed by atoms with E-state index in [1.807, 2.05) is 0 Å². The van der Waals surface area contributed by atoms with E-state index in [1.54, 1.807) is 31.3 Å². The summed E-state index contributed by atoms with van der Waals surface area (Å²) in [6.07, 6.45) is 1.60. The fourth-order valence-corrected chi connectivity index (χ4v) is 1.67. The van der Waals surface area contributed by atoms with Crippen molar-refractivity contribution in [3.05, 3.63) is 42.1 Å². The minimum atomic E-state index is -1.05. The molecule has 0 fully saturated rings. The summed E-state index contributed by atoms with van der Waals surface area (Å²) >= 11 is 0. The van der Waals surface area contributed by atoms with E-state index >= 15 is 0 Å². The lowest BCUT2D eigenvalue weighted by Crippen LogP contribution is -2.24. The van der Waals surface area contributed by atoms with Gasteiger partial charge in [0.25, 0.3) is 0 Å². The number of hydrogen-bond donors (Lipinski definition) is 3. The number of carboxylic acid groups (broad SMARTS) is 1. The van der Waals surface area contributed by atoms with Gasteiger partial charge in [0.1, 0.15) is 11.9 Å². The Bertz CT molecular complexity index is 651. The molecule has 1 aromatic heterocycles. The Hall–Kier alpha value is -2.83. The van der Waals surface area contributed by atoms with Crippen LogP contribution in [0.25, 0.3) is 0 Å². The second-order valence-electron chi connectivity index (χ2n) is 4.27. The van der Waals surface area contributed by atoms with Crippen molar-refractivity contribution in [2.75, 3.05) is 11.1 Å². The first-order chi connectivity index (χ1) is 9.47. The first-order valence-corrected chi connectivity index (χ1v) is 5.92. The maximum atomic E-state index is 12.0. The molecule has 1 aromatic carbocycles. The minimum absolute atomic E-state index is 0.110. The van der Waals surface area contributed by atoms with Crippen LogP contribution in [-0.4, -0.2) is 26.8 Å². The van der Waals surface area contributed by atoms with Crippen LogP contribution < -0.4 is 11.1 Å². The van der Waals surface area contributed by atoms with Gasteiger partial charge < -0.3 is 16.2 Å². The van der Waals surface area contributed by atoms with Gasteiger partial charge in [0.2, 0.25) is 5.91 Å². The number of amides is 1. The fourth-order valence-electron chi connectivity index (χ4n) is 1.67. The number of benzene rings is 1. The first kappa shape index (κ1) is 13.6. The molecule has 0 aliphatic heterocycles. The first-order valence-electron chi connectivity index (χ1n) is 5.92. The van der Waals surface area contributed by atoms with Gasteiger partial charge in [-0.1, -0.05) is 6.07 Å². The molecule has 0 radical (unpaired) electrons. The van der Waals surface area contributed by atoms with E-state index in [2.05, 4.69) is 10.4 Å². The summed E-state index contributed by atoms with van der Waals surface area (Å²) in [6.45, 7) is 1.67. The van der Waals surface area contributed by atoms with Crippen molar-refractivity contribution >= 4 is 23.4 Å². The molecule has 0 bridgehead atoms. The van der Waals surface area contributed by atoms with Gasteiger partial charge in [-0.3, -0.25) is 9.48 Å². The molecule has 7 heteroatoms. The Balaban J connectivity index is 2.11. The van der Waals surface area contributed by atoms with E-state index in [1.165, 1.54) is 16.8 Å². The molecule has 1 unspecified atom stereocenters. The third-order valence-corrected chi connectivity index (χ3v) is 2.78. The second-order valence-corrected chi connectivity index (χ2v) is 4.27. The van der Waals surface area contributed by atoms with Crippen molar-refractivity contribution in [3.63, 3.8) is 0 Å². The van der Waals surface area contributed by atoms with Crippen LogP contribution in [0, 0.1) is 0 Å². The van der Waals surface area contributed by atoms with Crippen LogP contribution in [0.2, 0.25) is 0 Å². The Labute approximate surface area is 115 Å². The molecule has 1 atom stereocenters. The molecule has 7 nitrogen and oxygen atoms in total. The molecular formula is C13H14N4O3. The minimum Gasteiger partial charge on any atom is -0.478 e. The van der Waals surface area contributed by atoms with E-state index in [-0.39, 0.29) is 11.5 Å². The Kier molecular flexibility index (Phi) is 3.69. The summed E-state index contributed by atoms with van der Waals surface area (Å²) in [5, 5.41) is 15.5. The summed E-state index contributed by atoms with van der Waals surface area (Å²) in [7, 11) is 0. The fraction of sp³-hybridized carbons (Fsp3) is 0.154. The van der Waals surface area contributed by atoms with Gasteiger partial charge >= 0.3 is 5.97 Å². The maximum Gasteiger partial charge on any atom is 0.335 e. The number of anilines is 2. The summed E-state index contributed by atoms with van der Waals surface area (Å²) in [4.78, 5) is 22.9. The Morgan fingerprint density at radius 3 is 2.75 bits per heavy atom. The lowest BCUT2D eigenvalue weighted by molar-refractivity contribution is -0.119. The van der Waals surface area contributed by atoms with Crippen LogP contribution in [0.1, 0.15) is 23.3 Å². The van der Waals surface area contributed by atoms with E-state index in [4.69, 9.17) is 10.8 Å².